The normalized spacial score (nSPS) is 30.3. The lowest BCUT2D eigenvalue weighted by Gasteiger charge is -2.38. The number of hydrogen-bond donors (Lipinski definition) is 5. The van der Waals surface area contributed by atoms with E-state index in [0.717, 1.165) is 5.56 Å². The quantitative estimate of drug-likeness (QED) is 0.115. The van der Waals surface area contributed by atoms with Crippen molar-refractivity contribution in [3.05, 3.63) is 71.2 Å². The first-order chi connectivity index (χ1) is 26.8. The Morgan fingerprint density at radius 1 is 0.982 bits per heavy atom. The summed E-state index contributed by atoms with van der Waals surface area (Å²) in [6, 6.07) is 3.64. The van der Waals surface area contributed by atoms with Gasteiger partial charge < -0.3 is 44.7 Å². The van der Waals surface area contributed by atoms with Gasteiger partial charge in [-0.25, -0.2) is 4.98 Å². The lowest BCUT2D eigenvalue weighted by molar-refractivity contribution is -0.160. The summed E-state index contributed by atoms with van der Waals surface area (Å²) in [5, 5.41) is 49.4. The number of nitrogens with zero attached hydrogens (tertiary/aromatic N) is 2. The van der Waals surface area contributed by atoms with Gasteiger partial charge >= 0.3 is 11.8 Å². The highest BCUT2D eigenvalue weighted by Gasteiger charge is 2.50. The molecule has 0 saturated heterocycles. The lowest BCUT2D eigenvalue weighted by Crippen LogP contribution is -2.46. The van der Waals surface area contributed by atoms with E-state index < -0.39 is 77.3 Å². The van der Waals surface area contributed by atoms with Crippen LogP contribution in [0.15, 0.2) is 54.5 Å². The van der Waals surface area contributed by atoms with Gasteiger partial charge in [-0.1, -0.05) is 45.9 Å². The minimum atomic E-state index is -1.96. The molecule has 2 aromatic carbocycles. The number of allylic oxidation sites excluding steroid dienone is 2. The number of ether oxygens (including phenoxy) is 4. The number of aromatic hydroxyl groups is 2. The van der Waals surface area contributed by atoms with Gasteiger partial charge in [-0.2, -0.15) is 0 Å². The summed E-state index contributed by atoms with van der Waals surface area (Å²) < 4.78 is 25.5. The maximum absolute atomic E-state index is 14.6. The number of anilines is 1. The molecule has 9 atom stereocenters. The Balaban J connectivity index is 1.58. The number of ketones is 1. The molecule has 2 aliphatic rings. The van der Waals surface area contributed by atoms with Gasteiger partial charge in [0.05, 0.1) is 35.5 Å². The smallest absolute Gasteiger partial charge is 0.312 e. The van der Waals surface area contributed by atoms with Crippen LogP contribution in [0.25, 0.3) is 27.5 Å². The molecule has 0 spiro atoms. The molecule has 5 N–H and O–H groups in total. The first-order valence-electron chi connectivity index (χ1n) is 19.0. The molecule has 2 aliphatic heterocycles. The van der Waals surface area contributed by atoms with Crippen LogP contribution in [-0.2, 0) is 23.8 Å². The van der Waals surface area contributed by atoms with Crippen LogP contribution in [0, 0.1) is 37.5 Å². The fraction of sp³-hybridized carbons (Fsp3) is 0.442. The summed E-state index contributed by atoms with van der Waals surface area (Å²) in [7, 11) is 1.46. The number of esters is 1. The van der Waals surface area contributed by atoms with Crippen molar-refractivity contribution in [3.8, 4) is 17.2 Å². The van der Waals surface area contributed by atoms with Crippen LogP contribution in [-0.4, -0.2) is 84.8 Å². The SMILES string of the molecule is CO[C@H]1C=CO[C@@]2(C)Oc3c(C)c(O)c4c(O)c(c5c(nc6cc(C)ccn65)c4c3C2=O)NC(=O)/C(C)=C\C=C\[C@H](C)[C@H](O)[C@@H](C)[C@@H](O)[C@@H](C)[C@H](OC(C)=O)[C@@H]1C. The predicted molar refractivity (Wildman–Crippen MR) is 213 cm³/mol. The summed E-state index contributed by atoms with van der Waals surface area (Å²) >= 11 is 0. The number of carbonyl (C=O) groups is 3. The third kappa shape index (κ3) is 7.10. The van der Waals surface area contributed by atoms with Crippen molar-refractivity contribution in [2.45, 2.75) is 92.5 Å². The van der Waals surface area contributed by atoms with E-state index >= 15 is 0 Å². The third-order valence-electron chi connectivity index (χ3n) is 11.5. The Bertz CT molecular complexity index is 2380. The number of hydrogen-bond acceptors (Lipinski definition) is 12. The monoisotopic (exact) mass is 785 g/mol. The molecule has 6 rings (SSSR count). The number of aryl methyl sites for hydroxylation is 1. The second-order valence-electron chi connectivity index (χ2n) is 15.6. The standard InChI is InChI=1S/C43H51N3O11/c1-19-14-16-46-28(18-19)44-32-29-30-37(50)25(7)40-31(29)41(52)43(9,57-40)55-17-15-27(54-10)22(4)39(56-26(8)47)24(6)36(49)23(5)35(48)20(2)12-11-13-21(3)42(53)45-33(34(32)46)38(30)51/h11-18,20,22-24,27,35-36,39,48-51H,1-10H3,(H,45,53)/b12-11+,17-15?,21-13-/t20-,22+,23+,24+,27-,35-,36+,39+,43-/m0/s1. The van der Waals surface area contributed by atoms with Crippen molar-refractivity contribution in [2.75, 3.05) is 12.4 Å². The van der Waals surface area contributed by atoms with Crippen LogP contribution >= 0.6 is 0 Å². The van der Waals surface area contributed by atoms with Crippen molar-refractivity contribution in [3.63, 3.8) is 0 Å². The highest BCUT2D eigenvalue weighted by Crippen LogP contribution is 2.54. The van der Waals surface area contributed by atoms with E-state index in [1.54, 1.807) is 63.4 Å². The summed E-state index contributed by atoms with van der Waals surface area (Å²) in [4.78, 5) is 45.6. The molecule has 4 heterocycles. The molecule has 14 nitrogen and oxygen atoms in total. The number of aliphatic hydroxyl groups excluding tert-OH is 2. The van der Waals surface area contributed by atoms with Gasteiger partial charge in [-0.05, 0) is 44.5 Å². The lowest BCUT2D eigenvalue weighted by atomic mass is 9.78. The molecule has 0 unspecified atom stereocenters. The molecule has 0 fully saturated rings. The van der Waals surface area contributed by atoms with Crippen molar-refractivity contribution in [1.29, 1.82) is 0 Å². The number of aliphatic hydroxyl groups is 2. The zero-order valence-corrected chi connectivity index (χ0v) is 33.8. The van der Waals surface area contributed by atoms with E-state index in [1.807, 2.05) is 19.1 Å². The minimum absolute atomic E-state index is 0.0185. The van der Waals surface area contributed by atoms with Gasteiger partial charge in [0.2, 0.25) is 0 Å². The molecular formula is C43H51N3O11. The molecule has 304 valence electrons. The molecule has 14 heteroatoms. The summed E-state index contributed by atoms with van der Waals surface area (Å²) in [5.74, 6) is -6.96. The molecule has 0 radical (unpaired) electrons. The highest BCUT2D eigenvalue weighted by molar-refractivity contribution is 6.28. The fourth-order valence-corrected chi connectivity index (χ4v) is 8.03. The number of rotatable bonds is 2. The van der Waals surface area contributed by atoms with E-state index in [9.17, 15) is 34.8 Å². The van der Waals surface area contributed by atoms with Crippen molar-refractivity contribution in [2.24, 2.45) is 23.7 Å². The first-order valence-corrected chi connectivity index (χ1v) is 19.0. The van der Waals surface area contributed by atoms with E-state index in [-0.39, 0.29) is 55.7 Å². The maximum atomic E-state index is 14.6. The Labute approximate surface area is 330 Å². The van der Waals surface area contributed by atoms with Gasteiger partial charge in [-0.15, -0.1) is 0 Å². The van der Waals surface area contributed by atoms with Crippen molar-refractivity contribution < 1.29 is 53.8 Å². The van der Waals surface area contributed by atoms with E-state index in [2.05, 4.69) is 5.32 Å². The summed E-state index contributed by atoms with van der Waals surface area (Å²) in [5.41, 5.74) is 2.18. The van der Waals surface area contributed by atoms with Crippen LogP contribution in [0.5, 0.6) is 17.2 Å². The van der Waals surface area contributed by atoms with Crippen molar-refractivity contribution in [1.82, 2.24) is 9.38 Å². The number of Topliss-reactive ketones (excluding diaryl/α,β-unsaturated/α-hetero) is 1. The highest BCUT2D eigenvalue weighted by atomic mass is 16.7. The molecule has 57 heavy (non-hydrogen) atoms. The average Bonchev–Trinajstić information content (AvgIpc) is 3.67. The van der Waals surface area contributed by atoms with Gasteiger partial charge in [0.1, 0.15) is 40.0 Å². The zero-order chi connectivity index (χ0) is 41.8. The molecular weight excluding hydrogens is 734 g/mol. The van der Waals surface area contributed by atoms with Crippen LogP contribution in [0.1, 0.15) is 70.0 Å². The van der Waals surface area contributed by atoms with Gasteiger partial charge in [-0.3, -0.25) is 18.8 Å². The Hall–Kier alpha value is -5.44. The predicted octanol–water partition coefficient (Wildman–Crippen LogP) is 6.16. The summed E-state index contributed by atoms with van der Waals surface area (Å²) in [6.07, 6.45) is 5.62. The second kappa shape index (κ2) is 15.5. The molecule has 4 bridgehead atoms. The molecule has 0 saturated carbocycles. The number of amides is 1. The number of pyridine rings is 1. The van der Waals surface area contributed by atoms with Gasteiger partial charge in [0.25, 0.3) is 11.7 Å². The Morgan fingerprint density at radius 3 is 2.35 bits per heavy atom. The van der Waals surface area contributed by atoms with Crippen LogP contribution in [0.2, 0.25) is 0 Å². The van der Waals surface area contributed by atoms with Crippen LogP contribution in [0.3, 0.4) is 0 Å². The molecule has 0 aliphatic carbocycles. The number of benzene rings is 2. The van der Waals surface area contributed by atoms with Crippen molar-refractivity contribution >= 4 is 50.8 Å². The minimum Gasteiger partial charge on any atom is -0.507 e. The fourth-order valence-electron chi connectivity index (χ4n) is 8.03. The van der Waals surface area contributed by atoms with Crippen LogP contribution < -0.4 is 10.1 Å². The number of phenolic OH excluding ortho intramolecular Hbond substituents is 2. The van der Waals surface area contributed by atoms with E-state index in [1.165, 1.54) is 40.2 Å². The molecule has 1 amide bonds. The van der Waals surface area contributed by atoms with Crippen LogP contribution in [0.4, 0.5) is 5.69 Å². The topological polar surface area (TPSA) is 198 Å². The number of phenols is 2. The first kappa shape index (κ1) is 41.2. The molecule has 4 aromatic rings. The number of aromatic nitrogens is 2. The number of carbonyl (C=O) groups excluding carboxylic acids is 3. The van der Waals surface area contributed by atoms with Gasteiger partial charge in [0.15, 0.2) is 5.75 Å². The van der Waals surface area contributed by atoms with E-state index in [0.29, 0.717) is 5.65 Å². The number of fused-ring (bicyclic) bond motifs is 2. The average molecular weight is 786 g/mol. The second-order valence-corrected chi connectivity index (χ2v) is 15.6. The Morgan fingerprint density at radius 2 is 1.68 bits per heavy atom. The summed E-state index contributed by atoms with van der Waals surface area (Å²) in [6.45, 7) is 14.7. The Kier molecular flexibility index (Phi) is 11.2. The maximum Gasteiger partial charge on any atom is 0.312 e. The number of nitrogens with one attached hydrogen (secondary N) is 1. The number of imidazole rings is 1. The number of methoxy groups -OCH3 is 1. The van der Waals surface area contributed by atoms with E-state index in [4.69, 9.17) is 23.9 Å². The molecule has 2 aromatic heterocycles. The largest absolute Gasteiger partial charge is 0.507 e. The zero-order valence-electron chi connectivity index (χ0n) is 33.8. The third-order valence-corrected chi connectivity index (χ3v) is 11.5. The van der Waals surface area contributed by atoms with Gasteiger partial charge in [0, 0.05) is 67.3 Å².